The summed E-state index contributed by atoms with van der Waals surface area (Å²) >= 11 is 2.91. The summed E-state index contributed by atoms with van der Waals surface area (Å²) in [5, 5.41) is 7.25. The zero-order valence-electron chi connectivity index (χ0n) is 15.4. The second-order valence-electron chi connectivity index (χ2n) is 6.04. The van der Waals surface area contributed by atoms with Gasteiger partial charge in [0.05, 0.1) is 12.0 Å². The molecule has 6 nitrogen and oxygen atoms in total. The number of carbonyl (C=O) groups excluding carboxylic acids is 1. The van der Waals surface area contributed by atoms with Gasteiger partial charge in [-0.3, -0.25) is 0 Å². The number of anilines is 1. The average molecular weight is 411 g/mol. The summed E-state index contributed by atoms with van der Waals surface area (Å²) in [7, 11) is 0. The van der Waals surface area contributed by atoms with Gasteiger partial charge in [0.1, 0.15) is 32.9 Å². The molecule has 8 heteroatoms. The van der Waals surface area contributed by atoms with Crippen molar-refractivity contribution in [2.24, 2.45) is 0 Å². The van der Waals surface area contributed by atoms with Gasteiger partial charge in [-0.15, -0.1) is 22.7 Å². The lowest BCUT2D eigenvalue weighted by Gasteiger charge is -2.18. The molecule has 4 rings (SSSR count). The first-order chi connectivity index (χ1) is 13.7. The third-order valence-electron chi connectivity index (χ3n) is 4.30. The number of esters is 1. The Labute approximate surface area is 170 Å². The third-order valence-corrected chi connectivity index (χ3v) is 6.32. The first kappa shape index (κ1) is 18.5. The van der Waals surface area contributed by atoms with Gasteiger partial charge in [0.2, 0.25) is 0 Å². The van der Waals surface area contributed by atoms with Gasteiger partial charge < -0.3 is 10.1 Å². The molecule has 1 unspecified atom stereocenters. The highest BCUT2D eigenvalue weighted by Gasteiger charge is 2.23. The highest BCUT2D eigenvalue weighted by atomic mass is 32.1. The number of fused-ring (bicyclic) bond motifs is 1. The number of thiophene rings is 1. The van der Waals surface area contributed by atoms with Crippen LogP contribution in [0.2, 0.25) is 0 Å². The quantitative estimate of drug-likeness (QED) is 0.459. The highest BCUT2D eigenvalue weighted by molar-refractivity contribution is 7.20. The van der Waals surface area contributed by atoms with Crippen LogP contribution in [0.3, 0.4) is 0 Å². The second kappa shape index (κ2) is 8.04. The largest absolute Gasteiger partial charge is 0.462 e. The van der Waals surface area contributed by atoms with Gasteiger partial charge in [0.15, 0.2) is 0 Å². The van der Waals surface area contributed by atoms with Gasteiger partial charge in [0, 0.05) is 11.6 Å². The van der Waals surface area contributed by atoms with Crippen molar-refractivity contribution in [2.75, 3.05) is 11.9 Å². The van der Waals surface area contributed by atoms with Crippen molar-refractivity contribution in [3.05, 3.63) is 69.2 Å². The second-order valence-corrected chi connectivity index (χ2v) is 7.96. The van der Waals surface area contributed by atoms with Gasteiger partial charge in [-0.2, -0.15) is 0 Å². The average Bonchev–Trinajstić information content (AvgIpc) is 3.36. The Balaban J connectivity index is 1.79. The monoisotopic (exact) mass is 410 g/mol. The smallest absolute Gasteiger partial charge is 0.348 e. The SMILES string of the molecule is CCOC(=O)c1sc2ncnc(NC(c3ccccc3)c3nccs3)c2c1C. The molecule has 0 saturated carbocycles. The zero-order valence-corrected chi connectivity index (χ0v) is 17.0. The molecule has 0 fully saturated rings. The summed E-state index contributed by atoms with van der Waals surface area (Å²) in [6.07, 6.45) is 3.31. The van der Waals surface area contributed by atoms with E-state index in [0.29, 0.717) is 17.3 Å². The van der Waals surface area contributed by atoms with Crippen molar-refractivity contribution in [1.29, 1.82) is 0 Å². The highest BCUT2D eigenvalue weighted by Crippen LogP contribution is 2.36. The minimum Gasteiger partial charge on any atom is -0.462 e. The van der Waals surface area contributed by atoms with E-state index in [1.54, 1.807) is 24.5 Å². The van der Waals surface area contributed by atoms with Crippen LogP contribution in [0.1, 0.15) is 38.8 Å². The standard InChI is InChI=1S/C20H18N4O2S2/c1-3-26-20(25)16-12(2)14-17(22-11-23-18(14)28-16)24-15(19-21-9-10-27-19)13-7-5-4-6-8-13/h4-11,15H,3H2,1-2H3,(H,22,23,24). The number of carbonyl (C=O) groups is 1. The Morgan fingerprint density at radius 1 is 1.21 bits per heavy atom. The number of benzene rings is 1. The van der Waals surface area contributed by atoms with Crippen molar-refractivity contribution in [1.82, 2.24) is 15.0 Å². The van der Waals surface area contributed by atoms with Crippen LogP contribution in [0.25, 0.3) is 10.2 Å². The maximum atomic E-state index is 12.3. The fraction of sp³-hybridized carbons (Fsp3) is 0.200. The maximum absolute atomic E-state index is 12.3. The van der Waals surface area contributed by atoms with Crippen molar-refractivity contribution in [3.8, 4) is 0 Å². The fourth-order valence-corrected chi connectivity index (χ4v) is 4.78. The topological polar surface area (TPSA) is 77.0 Å². The van der Waals surface area contributed by atoms with E-state index in [1.165, 1.54) is 17.7 Å². The molecule has 0 aliphatic rings. The molecule has 0 amide bonds. The van der Waals surface area contributed by atoms with E-state index in [1.807, 2.05) is 30.5 Å². The number of thiazole rings is 1. The van der Waals surface area contributed by atoms with E-state index >= 15 is 0 Å². The fourth-order valence-electron chi connectivity index (χ4n) is 3.02. The summed E-state index contributed by atoms with van der Waals surface area (Å²) in [4.78, 5) is 26.9. The Morgan fingerprint density at radius 3 is 2.75 bits per heavy atom. The molecular formula is C20H18N4O2S2. The molecular weight excluding hydrogens is 392 g/mol. The third kappa shape index (κ3) is 3.48. The lowest BCUT2D eigenvalue weighted by Crippen LogP contribution is -2.13. The van der Waals surface area contributed by atoms with Gasteiger partial charge in [-0.05, 0) is 25.0 Å². The van der Waals surface area contributed by atoms with E-state index < -0.39 is 0 Å². The van der Waals surface area contributed by atoms with E-state index in [9.17, 15) is 4.79 Å². The van der Waals surface area contributed by atoms with E-state index in [4.69, 9.17) is 4.74 Å². The number of hydrogen-bond donors (Lipinski definition) is 1. The van der Waals surface area contributed by atoms with Crippen LogP contribution in [-0.2, 0) is 4.74 Å². The molecule has 1 aromatic carbocycles. The predicted octanol–water partition coefficient (Wildman–Crippen LogP) is 4.83. The molecule has 0 saturated heterocycles. The van der Waals surface area contributed by atoms with Crippen LogP contribution in [0.5, 0.6) is 0 Å². The normalized spacial score (nSPS) is 12.1. The van der Waals surface area contributed by atoms with E-state index in [2.05, 4.69) is 32.4 Å². The molecule has 4 aromatic rings. The van der Waals surface area contributed by atoms with Crippen LogP contribution < -0.4 is 5.32 Å². The van der Waals surface area contributed by atoms with Gasteiger partial charge >= 0.3 is 5.97 Å². The number of rotatable bonds is 6. The minimum atomic E-state index is -0.325. The molecule has 3 aromatic heterocycles. The first-order valence-electron chi connectivity index (χ1n) is 8.81. The van der Waals surface area contributed by atoms with Gasteiger partial charge in [-0.1, -0.05) is 30.3 Å². The summed E-state index contributed by atoms with van der Waals surface area (Å²) in [5.41, 5.74) is 1.91. The molecule has 1 atom stereocenters. The summed E-state index contributed by atoms with van der Waals surface area (Å²) in [6.45, 7) is 4.04. The van der Waals surface area contributed by atoms with Gasteiger partial charge in [-0.25, -0.2) is 19.7 Å². The van der Waals surface area contributed by atoms with Crippen molar-refractivity contribution in [3.63, 3.8) is 0 Å². The molecule has 142 valence electrons. The Kier molecular flexibility index (Phi) is 5.31. The summed E-state index contributed by atoms with van der Waals surface area (Å²) in [5.74, 6) is 0.354. The van der Waals surface area contributed by atoms with Crippen LogP contribution in [0.4, 0.5) is 5.82 Å². The van der Waals surface area contributed by atoms with Crippen molar-refractivity contribution >= 4 is 44.7 Å². The Morgan fingerprint density at radius 2 is 2.04 bits per heavy atom. The number of hydrogen-bond acceptors (Lipinski definition) is 8. The summed E-state index contributed by atoms with van der Waals surface area (Å²) < 4.78 is 5.18. The van der Waals surface area contributed by atoms with Gasteiger partial charge in [0.25, 0.3) is 0 Å². The van der Waals surface area contributed by atoms with Crippen LogP contribution in [-0.4, -0.2) is 27.5 Å². The maximum Gasteiger partial charge on any atom is 0.348 e. The molecule has 3 heterocycles. The number of aryl methyl sites for hydroxylation is 1. The Bertz CT molecular complexity index is 1090. The minimum absolute atomic E-state index is 0.148. The molecule has 0 bridgehead atoms. The molecule has 0 aliphatic carbocycles. The predicted molar refractivity (Wildman–Crippen MR) is 112 cm³/mol. The number of ether oxygens (including phenoxy) is 1. The van der Waals surface area contributed by atoms with Crippen molar-refractivity contribution < 1.29 is 9.53 Å². The lowest BCUT2D eigenvalue weighted by molar-refractivity contribution is 0.0531. The molecule has 1 N–H and O–H groups in total. The Hall–Kier alpha value is -2.84. The zero-order chi connectivity index (χ0) is 19.5. The number of aromatic nitrogens is 3. The van der Waals surface area contributed by atoms with Crippen molar-refractivity contribution in [2.45, 2.75) is 19.9 Å². The molecule has 0 aliphatic heterocycles. The van der Waals surface area contributed by atoms with E-state index in [-0.39, 0.29) is 12.0 Å². The number of nitrogens with zero attached hydrogens (tertiary/aromatic N) is 3. The van der Waals surface area contributed by atoms with Crippen LogP contribution >= 0.6 is 22.7 Å². The van der Waals surface area contributed by atoms with Crippen LogP contribution in [0, 0.1) is 6.92 Å². The molecule has 0 radical (unpaired) electrons. The molecule has 0 spiro atoms. The molecule has 28 heavy (non-hydrogen) atoms. The lowest BCUT2D eigenvalue weighted by atomic mass is 10.1. The first-order valence-corrected chi connectivity index (χ1v) is 10.5. The summed E-state index contributed by atoms with van der Waals surface area (Å²) in [6, 6.07) is 9.96. The van der Waals surface area contributed by atoms with Crippen LogP contribution in [0.15, 0.2) is 48.2 Å². The number of nitrogens with one attached hydrogen (secondary N) is 1. The van der Waals surface area contributed by atoms with E-state index in [0.717, 1.165) is 26.4 Å².